The molecular weight excluding hydrogens is 328 g/mol. The Balaban J connectivity index is 2.32. The number of hydrogen-bond acceptors (Lipinski definition) is 3. The maximum absolute atomic E-state index is 11.5. The van der Waals surface area contributed by atoms with Crippen molar-refractivity contribution in [2.24, 2.45) is 0 Å². The van der Waals surface area contributed by atoms with E-state index >= 15 is 0 Å². The number of nitrogens with one attached hydrogen (secondary N) is 1. The average Bonchev–Trinajstić information content (AvgIpc) is 2.53. The maximum Gasteiger partial charge on any atom is 0.343 e. The Morgan fingerprint density at radius 3 is 2.47 bits per heavy atom. The van der Waals surface area contributed by atoms with Gasteiger partial charge in [-0.25, -0.2) is 0 Å². The van der Waals surface area contributed by atoms with E-state index in [2.05, 4.69) is 5.32 Å². The third-order valence-corrected chi connectivity index (χ3v) is 6.64. The van der Waals surface area contributed by atoms with Gasteiger partial charge in [-0.05, 0) is 31.5 Å². The fourth-order valence-electron chi connectivity index (χ4n) is 2.12. The van der Waals surface area contributed by atoms with Crippen LogP contribution < -0.4 is 5.32 Å². The van der Waals surface area contributed by atoms with E-state index in [1.165, 1.54) is 11.8 Å². The molecule has 3 N–H and O–H groups in total. The van der Waals surface area contributed by atoms with Gasteiger partial charge in [0.05, 0.1) is 5.37 Å². The molecule has 2 atom stereocenters. The van der Waals surface area contributed by atoms with Crippen LogP contribution in [-0.4, -0.2) is 20.3 Å². The molecule has 0 aromatic heterocycles. The van der Waals surface area contributed by atoms with E-state index in [1.807, 2.05) is 0 Å². The highest BCUT2D eigenvalue weighted by Gasteiger charge is 2.50. The highest BCUT2D eigenvalue weighted by Crippen LogP contribution is 2.58. The van der Waals surface area contributed by atoms with Crippen molar-refractivity contribution in [2.45, 2.75) is 29.8 Å². The van der Waals surface area contributed by atoms with Crippen LogP contribution in [0.25, 0.3) is 0 Å². The minimum atomic E-state index is -4.22. The van der Waals surface area contributed by atoms with E-state index in [-0.39, 0.29) is 5.37 Å². The van der Waals surface area contributed by atoms with Crippen molar-refractivity contribution in [1.29, 1.82) is 0 Å². The summed E-state index contributed by atoms with van der Waals surface area (Å²) >= 11 is 13.4. The molecule has 1 aliphatic heterocycles. The Bertz CT molecular complexity index is 549. The molecule has 1 aliphatic rings. The molecule has 1 fully saturated rings. The fourth-order valence-corrected chi connectivity index (χ4v) is 5.89. The van der Waals surface area contributed by atoms with Gasteiger partial charge in [0.2, 0.25) is 0 Å². The normalized spacial score (nSPS) is 26.6. The van der Waals surface area contributed by atoms with Gasteiger partial charge in [0, 0.05) is 14.8 Å². The van der Waals surface area contributed by atoms with Crippen LogP contribution in [0.2, 0.25) is 10.0 Å². The zero-order valence-corrected chi connectivity index (χ0v) is 13.5. The number of thioether (sulfide) groups is 1. The number of benzene rings is 1. The second-order valence-electron chi connectivity index (χ2n) is 4.93. The van der Waals surface area contributed by atoms with E-state index in [0.717, 1.165) is 5.56 Å². The van der Waals surface area contributed by atoms with Crippen LogP contribution in [0.15, 0.2) is 18.2 Å². The lowest BCUT2D eigenvalue weighted by Crippen LogP contribution is -2.36. The SMILES string of the molecule is CC1(C)SC(c2ccc(Cl)cc2Cl)NC1P(=O)(O)O. The van der Waals surface area contributed by atoms with Crippen molar-refractivity contribution in [1.82, 2.24) is 5.32 Å². The molecule has 0 aliphatic carbocycles. The molecule has 0 amide bonds. The lowest BCUT2D eigenvalue weighted by Gasteiger charge is -2.25. The number of halogens is 2. The Kier molecular flexibility index (Phi) is 4.30. The number of hydrogen-bond donors (Lipinski definition) is 3. The van der Waals surface area contributed by atoms with Gasteiger partial charge in [-0.3, -0.25) is 9.88 Å². The molecule has 106 valence electrons. The van der Waals surface area contributed by atoms with Crippen LogP contribution in [0.4, 0.5) is 0 Å². The summed E-state index contributed by atoms with van der Waals surface area (Å²) in [6, 6.07) is 5.11. The summed E-state index contributed by atoms with van der Waals surface area (Å²) in [6.07, 6.45) is 0. The second-order valence-corrected chi connectivity index (χ2v) is 9.22. The summed E-state index contributed by atoms with van der Waals surface area (Å²) in [4.78, 5) is 18.8. The molecule has 0 saturated carbocycles. The molecule has 19 heavy (non-hydrogen) atoms. The predicted molar refractivity (Wildman–Crippen MR) is 79.8 cm³/mol. The van der Waals surface area contributed by atoms with Crippen molar-refractivity contribution < 1.29 is 14.4 Å². The molecule has 0 bridgehead atoms. The summed E-state index contributed by atoms with van der Waals surface area (Å²) < 4.78 is 10.9. The zero-order chi connectivity index (χ0) is 14.4. The van der Waals surface area contributed by atoms with E-state index in [9.17, 15) is 14.4 Å². The minimum Gasteiger partial charge on any atom is -0.323 e. The largest absolute Gasteiger partial charge is 0.343 e. The molecule has 0 spiro atoms. The maximum atomic E-state index is 11.5. The first-order chi connectivity index (χ1) is 8.61. The molecule has 1 heterocycles. The molecule has 1 aromatic carbocycles. The predicted octanol–water partition coefficient (Wildman–Crippen LogP) is 3.61. The third-order valence-electron chi connectivity index (χ3n) is 2.97. The van der Waals surface area contributed by atoms with E-state index in [1.54, 1.807) is 32.0 Å². The molecule has 1 saturated heterocycles. The molecule has 4 nitrogen and oxygen atoms in total. The fraction of sp³-hybridized carbons (Fsp3) is 0.455. The lowest BCUT2D eigenvalue weighted by molar-refractivity contribution is 0.338. The average molecular weight is 342 g/mol. The standard InChI is InChI=1S/C11H14Cl2NO3PS/c1-11(2)10(18(15,16)17)14-9(19-11)7-4-3-6(12)5-8(7)13/h3-5,9-10,14H,1-2H3,(H2,15,16,17). The molecular formula is C11H14Cl2NO3PS. The van der Waals surface area contributed by atoms with Gasteiger partial charge < -0.3 is 9.79 Å². The quantitative estimate of drug-likeness (QED) is 0.717. The van der Waals surface area contributed by atoms with E-state index in [4.69, 9.17) is 23.2 Å². The Morgan fingerprint density at radius 2 is 2.00 bits per heavy atom. The van der Waals surface area contributed by atoms with Crippen LogP contribution in [0, 0.1) is 0 Å². The Hall–Kier alpha value is 0.260. The van der Waals surface area contributed by atoms with Gasteiger partial charge in [-0.15, -0.1) is 11.8 Å². The van der Waals surface area contributed by atoms with Gasteiger partial charge in [0.1, 0.15) is 5.78 Å². The Morgan fingerprint density at radius 1 is 1.37 bits per heavy atom. The summed E-state index contributed by atoms with van der Waals surface area (Å²) in [6.45, 7) is 3.61. The topological polar surface area (TPSA) is 69.6 Å². The van der Waals surface area contributed by atoms with Crippen molar-refractivity contribution >= 4 is 42.6 Å². The number of rotatable bonds is 2. The first-order valence-corrected chi connectivity index (χ1v) is 8.87. The molecule has 1 aromatic rings. The summed E-state index contributed by atoms with van der Waals surface area (Å²) in [7, 11) is -4.22. The van der Waals surface area contributed by atoms with Crippen LogP contribution in [0.1, 0.15) is 24.8 Å². The first-order valence-electron chi connectivity index (χ1n) is 5.55. The van der Waals surface area contributed by atoms with Crippen LogP contribution in [0.3, 0.4) is 0 Å². The van der Waals surface area contributed by atoms with Crippen LogP contribution >= 0.6 is 42.6 Å². The third kappa shape index (κ3) is 3.30. The van der Waals surface area contributed by atoms with Crippen LogP contribution in [-0.2, 0) is 4.57 Å². The van der Waals surface area contributed by atoms with Gasteiger partial charge >= 0.3 is 7.60 Å². The highest BCUT2D eigenvalue weighted by molar-refractivity contribution is 8.01. The lowest BCUT2D eigenvalue weighted by atomic mass is 10.2. The molecule has 0 radical (unpaired) electrons. The highest BCUT2D eigenvalue weighted by atomic mass is 35.5. The molecule has 2 rings (SSSR count). The van der Waals surface area contributed by atoms with E-state index < -0.39 is 18.1 Å². The molecule has 8 heteroatoms. The van der Waals surface area contributed by atoms with Gasteiger partial charge in [0.25, 0.3) is 0 Å². The van der Waals surface area contributed by atoms with Gasteiger partial charge in [-0.2, -0.15) is 0 Å². The zero-order valence-electron chi connectivity index (χ0n) is 10.3. The van der Waals surface area contributed by atoms with E-state index in [0.29, 0.717) is 10.0 Å². The summed E-state index contributed by atoms with van der Waals surface area (Å²) in [5, 5.41) is 3.72. The van der Waals surface area contributed by atoms with Crippen LogP contribution in [0.5, 0.6) is 0 Å². The first kappa shape index (κ1) is 15.6. The van der Waals surface area contributed by atoms with Crippen molar-refractivity contribution in [3.05, 3.63) is 33.8 Å². The summed E-state index contributed by atoms with van der Waals surface area (Å²) in [5.74, 6) is -0.901. The van der Waals surface area contributed by atoms with Crippen molar-refractivity contribution in [2.75, 3.05) is 0 Å². The molecule has 2 unspecified atom stereocenters. The van der Waals surface area contributed by atoms with Gasteiger partial charge in [0.15, 0.2) is 0 Å². The minimum absolute atomic E-state index is 0.266. The summed E-state index contributed by atoms with van der Waals surface area (Å²) in [5.41, 5.74) is 0.778. The monoisotopic (exact) mass is 341 g/mol. The Labute approximate surface area is 126 Å². The van der Waals surface area contributed by atoms with Crippen molar-refractivity contribution in [3.8, 4) is 0 Å². The second kappa shape index (κ2) is 5.23. The smallest absolute Gasteiger partial charge is 0.323 e. The van der Waals surface area contributed by atoms with Crippen molar-refractivity contribution in [3.63, 3.8) is 0 Å². The van der Waals surface area contributed by atoms with Gasteiger partial charge in [-0.1, -0.05) is 29.3 Å².